The van der Waals surface area contributed by atoms with Crippen molar-refractivity contribution >= 4 is 11.6 Å². The summed E-state index contributed by atoms with van der Waals surface area (Å²) in [6.07, 6.45) is 12.7. The Kier molecular flexibility index (Phi) is 5.76. The number of hydrogen-bond acceptors (Lipinski definition) is 5. The number of nitrogens with zero attached hydrogens (tertiary/aromatic N) is 3. The molecule has 29 heavy (non-hydrogen) atoms. The van der Waals surface area contributed by atoms with Gasteiger partial charge in [0.15, 0.2) is 0 Å². The fraction of sp³-hybridized carbons (Fsp3) is 0.750. The molecule has 0 bridgehead atoms. The number of anilines is 1. The zero-order valence-corrected chi connectivity index (χ0v) is 17.7. The molecule has 3 fully saturated rings. The van der Waals surface area contributed by atoms with Crippen LogP contribution in [0.25, 0.3) is 0 Å². The highest BCUT2D eigenvalue weighted by Gasteiger charge is 2.32. The van der Waals surface area contributed by atoms with Gasteiger partial charge in [0, 0.05) is 56.7 Å². The number of ketones is 1. The third-order valence-electron chi connectivity index (χ3n) is 7.61. The van der Waals surface area contributed by atoms with Gasteiger partial charge in [-0.25, -0.2) is 4.98 Å². The Labute approximate surface area is 174 Å². The van der Waals surface area contributed by atoms with E-state index in [4.69, 9.17) is 4.74 Å². The zero-order valence-electron chi connectivity index (χ0n) is 17.7. The van der Waals surface area contributed by atoms with Crippen molar-refractivity contribution in [3.05, 3.63) is 17.8 Å². The Morgan fingerprint density at radius 2 is 1.79 bits per heavy atom. The van der Waals surface area contributed by atoms with E-state index in [0.717, 1.165) is 76.0 Å². The molecule has 3 heterocycles. The molecule has 1 aromatic rings. The molecule has 0 unspecified atom stereocenters. The Balaban J connectivity index is 1.03. The first-order chi connectivity index (χ1) is 14.3. The summed E-state index contributed by atoms with van der Waals surface area (Å²) in [5, 5.41) is 0. The maximum absolute atomic E-state index is 12.1. The Morgan fingerprint density at radius 3 is 2.55 bits per heavy atom. The molecule has 0 aromatic carbocycles. The molecule has 158 valence electrons. The number of Topliss-reactive ketones (excluding diaryl/α,β-unsaturated/α-hetero) is 1. The summed E-state index contributed by atoms with van der Waals surface area (Å²) in [5.41, 5.74) is 1.30. The van der Waals surface area contributed by atoms with Crippen LogP contribution in [0.3, 0.4) is 0 Å². The van der Waals surface area contributed by atoms with Crippen LogP contribution in [0, 0.1) is 17.8 Å². The van der Waals surface area contributed by atoms with Gasteiger partial charge in [-0.1, -0.05) is 12.8 Å². The van der Waals surface area contributed by atoms with E-state index in [1.807, 2.05) is 12.3 Å². The largest absolute Gasteiger partial charge is 0.493 e. The van der Waals surface area contributed by atoms with E-state index < -0.39 is 0 Å². The normalized spacial score (nSPS) is 27.5. The monoisotopic (exact) mass is 397 g/mol. The van der Waals surface area contributed by atoms with Crippen LogP contribution in [0.2, 0.25) is 0 Å². The van der Waals surface area contributed by atoms with Crippen molar-refractivity contribution in [1.29, 1.82) is 0 Å². The third kappa shape index (κ3) is 4.60. The number of aromatic nitrogens is 1. The van der Waals surface area contributed by atoms with E-state index >= 15 is 0 Å². The molecule has 2 aliphatic heterocycles. The van der Waals surface area contributed by atoms with Gasteiger partial charge in [0.1, 0.15) is 17.4 Å². The van der Waals surface area contributed by atoms with Crippen LogP contribution in [0.1, 0.15) is 56.9 Å². The van der Waals surface area contributed by atoms with E-state index in [1.165, 1.54) is 44.2 Å². The van der Waals surface area contributed by atoms with Gasteiger partial charge in [-0.2, -0.15) is 0 Å². The predicted molar refractivity (Wildman–Crippen MR) is 115 cm³/mol. The Bertz CT molecular complexity index is 717. The highest BCUT2D eigenvalue weighted by Crippen LogP contribution is 2.37. The molecule has 0 spiro atoms. The van der Waals surface area contributed by atoms with Crippen molar-refractivity contribution < 1.29 is 9.53 Å². The molecule has 4 aliphatic rings. The fourth-order valence-corrected chi connectivity index (χ4v) is 5.50. The molecule has 1 saturated heterocycles. The Morgan fingerprint density at radius 1 is 1.03 bits per heavy atom. The quantitative estimate of drug-likeness (QED) is 0.702. The number of carbonyl (C=O) groups excluding carboxylic acids is 1. The maximum Gasteiger partial charge on any atom is 0.136 e. The molecule has 5 rings (SSSR count). The highest BCUT2D eigenvalue weighted by molar-refractivity contribution is 5.83. The summed E-state index contributed by atoms with van der Waals surface area (Å²) in [5.74, 6) is 4.76. The molecule has 1 aromatic heterocycles. The van der Waals surface area contributed by atoms with Crippen molar-refractivity contribution in [1.82, 2.24) is 9.88 Å². The van der Waals surface area contributed by atoms with Crippen molar-refractivity contribution in [2.45, 2.75) is 57.8 Å². The van der Waals surface area contributed by atoms with Crippen LogP contribution in [0.4, 0.5) is 5.82 Å². The number of ether oxygens (including phenoxy) is 1. The lowest BCUT2D eigenvalue weighted by atomic mass is 9.78. The molecule has 2 saturated carbocycles. The summed E-state index contributed by atoms with van der Waals surface area (Å²) >= 11 is 0. The second-order valence-electron chi connectivity index (χ2n) is 9.66. The van der Waals surface area contributed by atoms with Crippen LogP contribution in [0.5, 0.6) is 5.75 Å². The standard InChI is InChI=1S/C24H35N3O2/c28-22(20-5-6-20)17-19-3-1-18(2-4-19)8-11-26-12-14-27(15-13-26)24-21-9-16-29-23(21)7-10-25-24/h7,10,18-20H,1-6,8-9,11-17H2. The Hall–Kier alpha value is -1.62. The van der Waals surface area contributed by atoms with Gasteiger partial charge >= 0.3 is 0 Å². The van der Waals surface area contributed by atoms with Crippen LogP contribution in [-0.4, -0.2) is 55.0 Å². The molecule has 0 atom stereocenters. The number of fused-ring (bicyclic) bond motifs is 1. The lowest BCUT2D eigenvalue weighted by Crippen LogP contribution is -2.47. The topological polar surface area (TPSA) is 45.7 Å². The smallest absolute Gasteiger partial charge is 0.136 e. The van der Waals surface area contributed by atoms with Crippen molar-refractivity contribution in [3.63, 3.8) is 0 Å². The molecule has 0 radical (unpaired) electrons. The van der Waals surface area contributed by atoms with Crippen LogP contribution in [0.15, 0.2) is 12.3 Å². The number of piperazine rings is 1. The fourth-order valence-electron chi connectivity index (χ4n) is 5.50. The van der Waals surface area contributed by atoms with Crippen LogP contribution < -0.4 is 9.64 Å². The first-order valence-corrected chi connectivity index (χ1v) is 11.9. The third-order valence-corrected chi connectivity index (χ3v) is 7.61. The number of rotatable bonds is 7. The van der Waals surface area contributed by atoms with E-state index in [1.54, 1.807) is 0 Å². The van der Waals surface area contributed by atoms with Gasteiger partial charge in [-0.05, 0) is 56.6 Å². The van der Waals surface area contributed by atoms with E-state index in [9.17, 15) is 4.79 Å². The molecular formula is C24H35N3O2. The number of pyridine rings is 1. The van der Waals surface area contributed by atoms with Gasteiger partial charge in [0.25, 0.3) is 0 Å². The summed E-state index contributed by atoms with van der Waals surface area (Å²) in [6, 6.07) is 2.00. The van der Waals surface area contributed by atoms with Gasteiger partial charge in [-0.15, -0.1) is 0 Å². The lowest BCUT2D eigenvalue weighted by molar-refractivity contribution is -0.121. The van der Waals surface area contributed by atoms with Gasteiger partial charge in [0.05, 0.1) is 6.61 Å². The average Bonchev–Trinajstić information content (AvgIpc) is 3.50. The first kappa shape index (κ1) is 19.3. The first-order valence-electron chi connectivity index (χ1n) is 11.9. The van der Waals surface area contributed by atoms with E-state index in [0.29, 0.717) is 17.6 Å². The summed E-state index contributed by atoms with van der Waals surface area (Å²) in [4.78, 5) is 21.8. The minimum Gasteiger partial charge on any atom is -0.493 e. The second-order valence-corrected chi connectivity index (χ2v) is 9.66. The van der Waals surface area contributed by atoms with Gasteiger partial charge < -0.3 is 9.64 Å². The molecular weight excluding hydrogens is 362 g/mol. The van der Waals surface area contributed by atoms with Gasteiger partial charge in [-0.3, -0.25) is 9.69 Å². The van der Waals surface area contributed by atoms with Crippen LogP contribution >= 0.6 is 0 Å². The second kappa shape index (κ2) is 8.63. The lowest BCUT2D eigenvalue weighted by Gasteiger charge is -2.37. The number of hydrogen-bond donors (Lipinski definition) is 0. The summed E-state index contributed by atoms with van der Waals surface area (Å²) in [7, 11) is 0. The maximum atomic E-state index is 12.1. The van der Waals surface area contributed by atoms with E-state index in [-0.39, 0.29) is 0 Å². The summed E-state index contributed by atoms with van der Waals surface area (Å²) < 4.78 is 5.70. The molecule has 0 amide bonds. The SMILES string of the molecule is O=C(CC1CCC(CCN2CCN(c3nccc4c3CCO4)CC2)CC1)C1CC1. The van der Waals surface area contributed by atoms with Crippen LogP contribution in [-0.2, 0) is 11.2 Å². The highest BCUT2D eigenvalue weighted by atomic mass is 16.5. The molecule has 2 aliphatic carbocycles. The molecule has 5 heteroatoms. The van der Waals surface area contributed by atoms with Crippen molar-refractivity contribution in [2.24, 2.45) is 17.8 Å². The minimum atomic E-state index is 0.450. The minimum absolute atomic E-state index is 0.450. The van der Waals surface area contributed by atoms with Gasteiger partial charge in [0.2, 0.25) is 0 Å². The number of carbonyl (C=O) groups is 1. The zero-order chi connectivity index (χ0) is 19.6. The molecule has 0 N–H and O–H groups in total. The van der Waals surface area contributed by atoms with E-state index in [2.05, 4.69) is 14.8 Å². The predicted octanol–water partition coefficient (Wildman–Crippen LogP) is 3.70. The van der Waals surface area contributed by atoms with Crippen molar-refractivity contribution in [3.8, 4) is 5.75 Å². The summed E-state index contributed by atoms with van der Waals surface area (Å²) in [6.45, 7) is 6.44. The molecule has 5 nitrogen and oxygen atoms in total. The van der Waals surface area contributed by atoms with Crippen molar-refractivity contribution in [2.75, 3.05) is 44.2 Å². The average molecular weight is 398 g/mol.